The Labute approximate surface area is 476 Å². The van der Waals surface area contributed by atoms with Crippen LogP contribution in [-0.2, 0) is 14.4 Å². The van der Waals surface area contributed by atoms with Gasteiger partial charge < -0.3 is 20.6 Å². The third-order valence-corrected chi connectivity index (χ3v) is 16.4. The van der Waals surface area contributed by atoms with Crippen molar-refractivity contribution in [2.24, 2.45) is 17.8 Å². The average molecular weight is 1070 g/mol. The van der Waals surface area contributed by atoms with Crippen LogP contribution in [0.1, 0.15) is 205 Å². The minimum atomic E-state index is -0.345. The predicted molar refractivity (Wildman–Crippen MR) is 335 cm³/mol. The lowest BCUT2D eigenvalue weighted by Crippen LogP contribution is -2.34. The number of Topliss-reactive ketones (excluding diaryl/α,β-unsaturated/α-hetero) is 1. The third-order valence-electron chi connectivity index (χ3n) is 16.4. The van der Waals surface area contributed by atoms with Crippen LogP contribution in [0.5, 0.6) is 0 Å². The molecular weight excluding hydrogens is 973 g/mol. The number of carbonyl (C=O) groups is 3. The largest absolute Gasteiger partial charge is 0.506 e. The normalized spacial score (nSPS) is 15.0. The Hall–Kier alpha value is -6.28. The monoisotopic (exact) mass is 1070 g/mol. The van der Waals surface area contributed by atoms with Gasteiger partial charge in [0.2, 0.25) is 34.7 Å². The Balaban J connectivity index is 1.48. The van der Waals surface area contributed by atoms with Crippen LogP contribution in [0.25, 0.3) is 5.57 Å². The molecule has 8 nitrogen and oxygen atoms in total. The van der Waals surface area contributed by atoms with Gasteiger partial charge in [-0.05, 0) is 102 Å². The van der Waals surface area contributed by atoms with Crippen molar-refractivity contribution in [3.8, 4) is 0 Å². The highest BCUT2D eigenvalue weighted by atomic mass is 16.3. The zero-order valence-corrected chi connectivity index (χ0v) is 50.0. The van der Waals surface area contributed by atoms with E-state index in [1.807, 2.05) is 37.3 Å². The van der Waals surface area contributed by atoms with Crippen LogP contribution in [-0.4, -0.2) is 35.0 Å². The van der Waals surface area contributed by atoms with E-state index in [1.54, 1.807) is 0 Å². The molecule has 424 valence electrons. The number of amides is 2. The molecule has 0 saturated heterocycles. The van der Waals surface area contributed by atoms with Gasteiger partial charge in [-0.2, -0.15) is 4.58 Å². The lowest BCUT2D eigenvalue weighted by atomic mass is 9.78. The van der Waals surface area contributed by atoms with Crippen molar-refractivity contribution in [1.29, 1.82) is 0 Å². The third kappa shape index (κ3) is 17.4. The fourth-order valence-corrected chi connectivity index (χ4v) is 11.3. The van der Waals surface area contributed by atoms with E-state index in [-0.39, 0.29) is 46.3 Å². The summed E-state index contributed by atoms with van der Waals surface area (Å²) in [5.74, 6) is -0.671. The molecule has 0 aromatic heterocycles. The molecule has 8 heteroatoms. The molecule has 2 aliphatic carbocycles. The number of carbonyl (C=O) groups excluding carboxylic acids is 3. The van der Waals surface area contributed by atoms with Gasteiger partial charge in [-0.15, -0.1) is 0 Å². The lowest BCUT2D eigenvalue weighted by molar-refractivity contribution is -0.124. The predicted octanol–water partition coefficient (Wildman–Crippen LogP) is 18.9. The van der Waals surface area contributed by atoms with Crippen molar-refractivity contribution in [2.45, 2.75) is 204 Å². The zero-order valence-electron chi connectivity index (χ0n) is 50.0. The van der Waals surface area contributed by atoms with Crippen molar-refractivity contribution < 1.29 is 19.5 Å². The number of ketones is 1. The second-order valence-electron chi connectivity index (χ2n) is 22.8. The van der Waals surface area contributed by atoms with E-state index in [1.165, 1.54) is 82.6 Å². The number of nitrogens with one attached hydrogen (secondary N) is 2. The highest BCUT2D eigenvalue weighted by molar-refractivity contribution is 6.40. The molecule has 0 bridgehead atoms. The molecule has 2 unspecified atom stereocenters. The van der Waals surface area contributed by atoms with E-state index in [2.05, 4.69) is 154 Å². The molecule has 2 atom stereocenters. The molecule has 6 rings (SSSR count). The van der Waals surface area contributed by atoms with Gasteiger partial charge in [0.15, 0.2) is 0 Å². The van der Waals surface area contributed by atoms with Crippen LogP contribution < -0.4 is 20.1 Å². The van der Waals surface area contributed by atoms with E-state index in [4.69, 9.17) is 0 Å². The van der Waals surface area contributed by atoms with E-state index >= 15 is 4.79 Å². The Morgan fingerprint density at radius 2 is 1.00 bits per heavy atom. The van der Waals surface area contributed by atoms with E-state index in [9.17, 15) is 14.7 Å². The molecule has 4 aromatic carbocycles. The van der Waals surface area contributed by atoms with Crippen LogP contribution in [0.15, 0.2) is 132 Å². The van der Waals surface area contributed by atoms with Crippen LogP contribution in [0.4, 0.5) is 28.4 Å². The number of nitrogens with zero attached hydrogens (tertiary/aromatic N) is 2. The van der Waals surface area contributed by atoms with Gasteiger partial charge in [0.25, 0.3) is 0 Å². The van der Waals surface area contributed by atoms with Gasteiger partial charge in [-0.25, -0.2) is 0 Å². The fraction of sp³-hybridized carbons (Fsp3) is 0.493. The Morgan fingerprint density at radius 1 is 0.532 bits per heavy atom. The van der Waals surface area contributed by atoms with Crippen LogP contribution in [0, 0.1) is 38.5 Å². The Kier molecular flexibility index (Phi) is 25.2. The molecule has 2 amide bonds. The zero-order chi connectivity index (χ0) is 56.7. The van der Waals surface area contributed by atoms with E-state index in [0.717, 1.165) is 97.5 Å². The van der Waals surface area contributed by atoms with Crippen LogP contribution in [0.3, 0.4) is 0 Å². The summed E-state index contributed by atoms with van der Waals surface area (Å²) in [5.41, 5.74) is 10.3. The smallest absolute Gasteiger partial charge is 0.227 e. The number of aliphatic hydroxyl groups is 1. The van der Waals surface area contributed by atoms with Gasteiger partial charge in [0.1, 0.15) is 5.76 Å². The molecule has 2 aliphatic rings. The summed E-state index contributed by atoms with van der Waals surface area (Å²) in [4.78, 5) is 46.3. The quantitative estimate of drug-likeness (QED) is 0.0251. The maximum absolute atomic E-state index is 15.1. The molecule has 0 saturated carbocycles. The standard InChI is InChI=1S/C71H96N4O4/c1-10-16-20-22-24-26-28-54(29-27-25-23-21-17-11-2)50-74(57-38-32-51(7)33-39-57)60-44-46-62(64(48-60)72-70(78)55(14-5)30-18-12-3)66-68(76)67(69(66)77)63-47-45-61(49-65(63)73-71(79)56(15-6)31-19-13-4)75(58-40-34-52(8)35-41-58)59-42-36-53(9)37-43-59/h32-49,54-56H,10-31,50H2,1-9H3,(H2,72,73,76,77,78,79)/p+1. The van der Waals surface area contributed by atoms with Crippen LogP contribution >= 0.6 is 0 Å². The van der Waals surface area contributed by atoms with Gasteiger partial charge in [0.05, 0.1) is 22.5 Å². The van der Waals surface area contributed by atoms with E-state index < -0.39 is 0 Å². The summed E-state index contributed by atoms with van der Waals surface area (Å²) < 4.78 is 2.15. The number of allylic oxidation sites excluding steroid dienone is 5. The van der Waals surface area contributed by atoms with Crippen molar-refractivity contribution in [3.05, 3.63) is 154 Å². The highest BCUT2D eigenvalue weighted by Gasteiger charge is 2.40. The van der Waals surface area contributed by atoms with Gasteiger partial charge in [0, 0.05) is 77.3 Å². The first-order valence-electron chi connectivity index (χ1n) is 30.9. The second kappa shape index (κ2) is 32.1. The molecule has 4 aromatic rings. The maximum atomic E-state index is 15.1. The van der Waals surface area contributed by atoms with Crippen molar-refractivity contribution in [1.82, 2.24) is 9.89 Å². The average Bonchev–Trinajstić information content (AvgIpc) is 3.57. The summed E-state index contributed by atoms with van der Waals surface area (Å²) in [6.45, 7) is 20.0. The minimum absolute atomic E-state index is 0.0860. The number of hydrogen-bond donors (Lipinski definition) is 3. The summed E-state index contributed by atoms with van der Waals surface area (Å²) in [6, 6.07) is 31.4. The summed E-state index contributed by atoms with van der Waals surface area (Å²) in [6.07, 6.45) is 29.9. The second-order valence-corrected chi connectivity index (χ2v) is 22.8. The van der Waals surface area contributed by atoms with Crippen molar-refractivity contribution in [2.75, 3.05) is 16.8 Å². The van der Waals surface area contributed by atoms with Crippen molar-refractivity contribution in [3.63, 3.8) is 0 Å². The summed E-state index contributed by atoms with van der Waals surface area (Å²) >= 11 is 0. The number of hydrogen-bond acceptors (Lipinski definition) is 5. The molecule has 0 radical (unpaired) electrons. The number of aliphatic hydroxyl groups excluding tert-OH is 1. The summed E-state index contributed by atoms with van der Waals surface area (Å²) in [5, 5.41) is 19.1. The molecule has 3 N–H and O–H groups in total. The molecule has 0 spiro atoms. The molecular formula is C71H97N4O4+. The number of aryl methyl sites for hydroxylation is 3. The molecule has 0 aliphatic heterocycles. The topological polar surface area (TPSA) is 102 Å². The highest BCUT2D eigenvalue weighted by Crippen LogP contribution is 2.45. The minimum Gasteiger partial charge on any atom is -0.506 e. The Morgan fingerprint density at radius 3 is 1.49 bits per heavy atom. The number of unbranched alkanes of at least 4 members (excludes halogenated alkanes) is 12. The lowest BCUT2D eigenvalue weighted by Gasteiger charge is -2.32. The van der Waals surface area contributed by atoms with E-state index in [0.29, 0.717) is 41.3 Å². The molecule has 0 fully saturated rings. The van der Waals surface area contributed by atoms with Gasteiger partial charge in [-0.3, -0.25) is 14.4 Å². The Bertz CT molecular complexity index is 2710. The molecule has 79 heavy (non-hydrogen) atoms. The SMILES string of the molecule is CCCCCCCCC(CCCCCCCC)CN(c1ccc(C)cc1)c1ccc(C2=C(O)/C(=C3/C=CC(=[N+](c4ccc(C)cc4)c4ccc(C)cc4)C=C3NC(=O)C(CC)CCCC)C2=O)c(NC(=O)C(CC)CCCC)c1. The maximum Gasteiger partial charge on any atom is 0.227 e. The van der Waals surface area contributed by atoms with Crippen molar-refractivity contribution >= 4 is 57.3 Å². The molecule has 0 heterocycles. The number of benzene rings is 4. The first-order valence-corrected chi connectivity index (χ1v) is 30.9. The van der Waals surface area contributed by atoms with Gasteiger partial charge in [-0.1, -0.05) is 197 Å². The summed E-state index contributed by atoms with van der Waals surface area (Å²) in [7, 11) is 0. The van der Waals surface area contributed by atoms with Gasteiger partial charge >= 0.3 is 0 Å². The fourth-order valence-electron chi connectivity index (χ4n) is 11.3. The first-order chi connectivity index (χ1) is 38.3. The number of rotatable bonds is 33. The first kappa shape index (κ1) is 61.9. The van der Waals surface area contributed by atoms with Crippen LogP contribution in [0.2, 0.25) is 0 Å². The number of anilines is 3.